The van der Waals surface area contributed by atoms with Crippen molar-refractivity contribution in [3.63, 3.8) is 0 Å². The van der Waals surface area contributed by atoms with Crippen LogP contribution in [0.1, 0.15) is 12.0 Å². The second kappa shape index (κ2) is 7.26. The summed E-state index contributed by atoms with van der Waals surface area (Å²) >= 11 is 0. The minimum Gasteiger partial charge on any atom is -0.384 e. The molecule has 0 spiro atoms. The molecule has 5 heteroatoms. The van der Waals surface area contributed by atoms with E-state index in [1.807, 2.05) is 30.3 Å². The van der Waals surface area contributed by atoms with Crippen LogP contribution in [0.4, 0.5) is 11.4 Å². The Labute approximate surface area is 144 Å². The number of benzene rings is 2. The fourth-order valence-electron chi connectivity index (χ4n) is 3.23. The van der Waals surface area contributed by atoms with Crippen molar-refractivity contribution in [1.82, 2.24) is 0 Å². The Balaban J connectivity index is 1.59. The molecule has 1 atom stereocenters. The molecule has 1 fully saturated rings. The summed E-state index contributed by atoms with van der Waals surface area (Å²) in [6.07, 6.45) is 2.43. The molecular weight excluding hydrogens is 320 g/mol. The number of rotatable bonds is 6. The molecule has 0 saturated carbocycles. The summed E-state index contributed by atoms with van der Waals surface area (Å²) in [7, 11) is -3.03. The molecule has 0 unspecified atom stereocenters. The lowest BCUT2D eigenvalue weighted by molar-refractivity contribution is 0.601. The van der Waals surface area contributed by atoms with E-state index in [4.69, 9.17) is 0 Å². The van der Waals surface area contributed by atoms with E-state index in [0.717, 1.165) is 37.3 Å². The van der Waals surface area contributed by atoms with Crippen molar-refractivity contribution in [3.05, 3.63) is 60.2 Å². The van der Waals surface area contributed by atoms with Gasteiger partial charge >= 0.3 is 0 Å². The van der Waals surface area contributed by atoms with Gasteiger partial charge in [-0.1, -0.05) is 36.4 Å². The van der Waals surface area contributed by atoms with E-state index in [9.17, 15) is 8.42 Å². The van der Waals surface area contributed by atoms with E-state index in [0.29, 0.717) is 5.92 Å². The molecule has 2 aromatic carbocycles. The average Bonchev–Trinajstić information content (AvgIpc) is 3.02. The first-order valence-corrected chi connectivity index (χ1v) is 10.4. The van der Waals surface area contributed by atoms with Crippen LogP contribution in [0.5, 0.6) is 0 Å². The molecule has 1 saturated heterocycles. The number of hydrogen-bond donors (Lipinski definition) is 1. The van der Waals surface area contributed by atoms with Crippen LogP contribution in [0.3, 0.4) is 0 Å². The minimum absolute atomic E-state index is 0.0803. The zero-order valence-electron chi connectivity index (χ0n) is 14.0. The van der Waals surface area contributed by atoms with Gasteiger partial charge in [-0.2, -0.15) is 0 Å². The van der Waals surface area contributed by atoms with Crippen molar-refractivity contribution in [3.8, 4) is 0 Å². The first-order valence-electron chi connectivity index (χ1n) is 8.31. The van der Waals surface area contributed by atoms with Gasteiger partial charge in [-0.3, -0.25) is 0 Å². The largest absolute Gasteiger partial charge is 0.384 e. The number of sulfone groups is 1. The summed E-state index contributed by atoms with van der Waals surface area (Å²) in [4.78, 5) is 2.41. The van der Waals surface area contributed by atoms with Crippen LogP contribution in [-0.2, 0) is 15.6 Å². The summed E-state index contributed by atoms with van der Waals surface area (Å²) in [5.74, 6) is 0.647. The van der Waals surface area contributed by atoms with Crippen LogP contribution in [-0.4, -0.2) is 34.3 Å². The molecule has 0 amide bonds. The molecule has 0 aromatic heterocycles. The summed E-state index contributed by atoms with van der Waals surface area (Å²) in [6, 6.07) is 18.2. The number of nitrogens with one attached hydrogen (secondary N) is 1. The van der Waals surface area contributed by atoms with Crippen molar-refractivity contribution in [2.45, 2.75) is 12.2 Å². The highest BCUT2D eigenvalue weighted by Crippen LogP contribution is 2.25. The third-order valence-corrected chi connectivity index (χ3v) is 5.26. The third-order valence-electron chi connectivity index (χ3n) is 4.42. The van der Waals surface area contributed by atoms with Crippen molar-refractivity contribution < 1.29 is 8.42 Å². The summed E-state index contributed by atoms with van der Waals surface area (Å²) in [5.41, 5.74) is 3.05. The Morgan fingerprint density at radius 2 is 1.79 bits per heavy atom. The molecule has 1 aliphatic rings. The van der Waals surface area contributed by atoms with Gasteiger partial charge in [-0.25, -0.2) is 8.42 Å². The highest BCUT2D eigenvalue weighted by molar-refractivity contribution is 7.89. The Hall–Kier alpha value is -2.01. The number of para-hydroxylation sites is 2. The molecule has 4 nitrogen and oxygen atoms in total. The zero-order valence-corrected chi connectivity index (χ0v) is 14.8. The summed E-state index contributed by atoms with van der Waals surface area (Å²) in [6.45, 7) is 2.97. The van der Waals surface area contributed by atoms with Gasteiger partial charge in [0.1, 0.15) is 0 Å². The van der Waals surface area contributed by atoms with Gasteiger partial charge in [-0.05, 0) is 36.1 Å². The molecule has 2 aromatic rings. The Morgan fingerprint density at radius 3 is 2.54 bits per heavy atom. The summed E-state index contributed by atoms with van der Waals surface area (Å²) < 4.78 is 23.2. The Morgan fingerprint density at radius 1 is 1.08 bits per heavy atom. The van der Waals surface area contributed by atoms with Crippen molar-refractivity contribution in [1.29, 1.82) is 0 Å². The highest BCUT2D eigenvalue weighted by Gasteiger charge is 2.22. The first kappa shape index (κ1) is 16.8. The van der Waals surface area contributed by atoms with Crippen LogP contribution in [0.15, 0.2) is 54.6 Å². The Kier molecular flexibility index (Phi) is 5.09. The van der Waals surface area contributed by atoms with E-state index in [1.54, 1.807) is 0 Å². The van der Waals surface area contributed by atoms with E-state index in [-0.39, 0.29) is 5.75 Å². The fourth-order valence-corrected chi connectivity index (χ4v) is 4.04. The molecule has 0 aliphatic carbocycles. The van der Waals surface area contributed by atoms with Crippen molar-refractivity contribution in [2.75, 3.05) is 36.1 Å². The first-order chi connectivity index (χ1) is 11.5. The van der Waals surface area contributed by atoms with Crippen LogP contribution < -0.4 is 10.2 Å². The minimum atomic E-state index is -3.03. The van der Waals surface area contributed by atoms with E-state index >= 15 is 0 Å². The summed E-state index contributed by atoms with van der Waals surface area (Å²) in [5, 5.41) is 3.46. The maximum Gasteiger partial charge on any atom is 0.151 e. The normalized spacial score (nSPS) is 17.9. The molecule has 24 heavy (non-hydrogen) atoms. The van der Waals surface area contributed by atoms with Crippen LogP contribution in [0.25, 0.3) is 0 Å². The molecule has 1 N–H and O–H groups in total. The fraction of sp³-hybridized carbons (Fsp3) is 0.368. The predicted molar refractivity (Wildman–Crippen MR) is 100 cm³/mol. The molecule has 1 heterocycles. The highest BCUT2D eigenvalue weighted by atomic mass is 32.2. The van der Waals surface area contributed by atoms with Crippen LogP contribution in [0.2, 0.25) is 0 Å². The van der Waals surface area contributed by atoms with Crippen LogP contribution in [0, 0.1) is 5.92 Å². The number of anilines is 2. The smallest absolute Gasteiger partial charge is 0.151 e. The van der Waals surface area contributed by atoms with E-state index < -0.39 is 9.84 Å². The molecular formula is C19H24N2O2S. The van der Waals surface area contributed by atoms with Crippen LogP contribution >= 0.6 is 0 Å². The van der Waals surface area contributed by atoms with Crippen molar-refractivity contribution in [2.24, 2.45) is 5.92 Å². The molecule has 1 aliphatic heterocycles. The molecule has 0 bridgehead atoms. The van der Waals surface area contributed by atoms with Gasteiger partial charge in [-0.15, -0.1) is 0 Å². The van der Waals surface area contributed by atoms with Crippen molar-refractivity contribution >= 4 is 21.2 Å². The topological polar surface area (TPSA) is 49.4 Å². The Bertz CT molecular complexity index is 775. The average molecular weight is 344 g/mol. The lowest BCUT2D eigenvalue weighted by Gasteiger charge is -2.19. The monoisotopic (exact) mass is 344 g/mol. The quantitative estimate of drug-likeness (QED) is 0.874. The second-order valence-corrected chi connectivity index (χ2v) is 8.68. The SMILES string of the molecule is CS(=O)(=O)Cc1ccccc1NC[C@@H]1CCN(c2ccccc2)C1. The standard InChI is InChI=1S/C19H24N2O2S/c1-24(22,23)15-17-7-5-6-10-19(17)20-13-16-11-12-21(14-16)18-8-3-2-4-9-18/h2-10,16,20H,11-15H2,1H3/t16-/m0/s1. The lowest BCUT2D eigenvalue weighted by atomic mass is 10.1. The third kappa shape index (κ3) is 4.51. The van der Waals surface area contributed by atoms with E-state index in [2.05, 4.69) is 34.5 Å². The number of nitrogens with zero attached hydrogens (tertiary/aromatic N) is 1. The molecule has 128 valence electrons. The van der Waals surface area contributed by atoms with Gasteiger partial charge in [0.05, 0.1) is 5.75 Å². The van der Waals surface area contributed by atoms with E-state index in [1.165, 1.54) is 11.9 Å². The predicted octanol–water partition coefficient (Wildman–Crippen LogP) is 3.17. The van der Waals surface area contributed by atoms with Gasteiger partial charge in [0.2, 0.25) is 0 Å². The lowest BCUT2D eigenvalue weighted by Crippen LogP contribution is -2.22. The second-order valence-electron chi connectivity index (χ2n) is 6.54. The maximum absolute atomic E-state index is 11.6. The molecule has 0 radical (unpaired) electrons. The van der Waals surface area contributed by atoms with Gasteiger partial charge in [0.15, 0.2) is 9.84 Å². The maximum atomic E-state index is 11.6. The zero-order chi connectivity index (χ0) is 17.0. The van der Waals surface area contributed by atoms with Gasteiger partial charge in [0, 0.05) is 37.3 Å². The molecule has 3 rings (SSSR count). The number of hydrogen-bond acceptors (Lipinski definition) is 4. The van der Waals surface area contributed by atoms with Gasteiger partial charge < -0.3 is 10.2 Å². The van der Waals surface area contributed by atoms with Gasteiger partial charge in [0.25, 0.3) is 0 Å².